The number of hydrogen-bond donors (Lipinski definition) is 2. The van der Waals surface area contributed by atoms with Gasteiger partial charge in [0.05, 0.1) is 6.20 Å². The van der Waals surface area contributed by atoms with Crippen LogP contribution in [0.3, 0.4) is 0 Å². The summed E-state index contributed by atoms with van der Waals surface area (Å²) in [5.41, 5.74) is 5.59. The Morgan fingerprint density at radius 2 is 2.50 bits per heavy atom. The normalized spacial score (nSPS) is 9.80. The molecule has 0 saturated heterocycles. The van der Waals surface area contributed by atoms with E-state index >= 15 is 0 Å². The molecule has 1 aromatic heterocycles. The van der Waals surface area contributed by atoms with Crippen molar-refractivity contribution in [3.05, 3.63) is 6.20 Å². The molecule has 0 unspecified atom stereocenters. The lowest BCUT2D eigenvalue weighted by Crippen LogP contribution is -2.04. The van der Waals surface area contributed by atoms with Crippen molar-refractivity contribution in [2.75, 3.05) is 18.1 Å². The van der Waals surface area contributed by atoms with Crippen molar-refractivity contribution < 1.29 is 0 Å². The zero-order valence-electron chi connectivity index (χ0n) is 6.26. The van der Waals surface area contributed by atoms with E-state index in [2.05, 4.69) is 10.3 Å². The summed E-state index contributed by atoms with van der Waals surface area (Å²) in [7, 11) is 1.83. The van der Waals surface area contributed by atoms with Gasteiger partial charge in [0.25, 0.3) is 0 Å². The predicted molar refractivity (Wildman–Crippen MR) is 41.9 cm³/mol. The van der Waals surface area contributed by atoms with Gasteiger partial charge in [0.1, 0.15) is 5.82 Å². The number of nitrogens with zero attached hydrogens (tertiary/aromatic N) is 2. The molecular formula is C6H12N4. The average molecular weight is 140 g/mol. The second-order valence-corrected chi connectivity index (χ2v) is 2.00. The highest BCUT2D eigenvalue weighted by Crippen LogP contribution is 2.10. The van der Waals surface area contributed by atoms with Gasteiger partial charge in [-0.1, -0.05) is 0 Å². The summed E-state index contributed by atoms with van der Waals surface area (Å²) in [5.74, 6) is 1.52. The molecule has 3 N–H and O–H groups in total. The summed E-state index contributed by atoms with van der Waals surface area (Å²) in [6.45, 7) is 2.88. The number of nitrogens with one attached hydrogen (secondary N) is 1. The Labute approximate surface area is 60.1 Å². The Bertz CT molecular complexity index is 216. The van der Waals surface area contributed by atoms with Crippen molar-refractivity contribution in [1.29, 1.82) is 0 Å². The van der Waals surface area contributed by atoms with Gasteiger partial charge in [0, 0.05) is 13.6 Å². The molecule has 56 valence electrons. The largest absolute Gasteiger partial charge is 0.384 e. The number of rotatable bonds is 2. The molecule has 4 nitrogen and oxygen atoms in total. The summed E-state index contributed by atoms with van der Waals surface area (Å²) in [6, 6.07) is 0. The Morgan fingerprint density at radius 3 is 2.90 bits per heavy atom. The lowest BCUT2D eigenvalue weighted by Gasteiger charge is -2.03. The third-order valence-corrected chi connectivity index (χ3v) is 1.43. The molecule has 0 spiro atoms. The maximum absolute atomic E-state index is 5.59. The van der Waals surface area contributed by atoms with E-state index in [1.54, 1.807) is 6.20 Å². The highest BCUT2D eigenvalue weighted by molar-refractivity contribution is 5.39. The topological polar surface area (TPSA) is 55.9 Å². The number of aromatic nitrogens is 2. The van der Waals surface area contributed by atoms with E-state index in [9.17, 15) is 0 Å². The van der Waals surface area contributed by atoms with Crippen LogP contribution in [-0.2, 0) is 6.54 Å². The quantitative estimate of drug-likeness (QED) is 0.630. The molecule has 0 bridgehead atoms. The molecule has 0 aliphatic heterocycles. The van der Waals surface area contributed by atoms with Gasteiger partial charge in [-0.25, -0.2) is 4.98 Å². The second kappa shape index (κ2) is 2.60. The maximum atomic E-state index is 5.59. The molecule has 1 aromatic rings. The number of anilines is 2. The van der Waals surface area contributed by atoms with E-state index in [-0.39, 0.29) is 0 Å². The summed E-state index contributed by atoms with van der Waals surface area (Å²) in [5, 5.41) is 2.94. The lowest BCUT2D eigenvalue weighted by atomic mass is 10.6. The molecule has 0 aliphatic rings. The van der Waals surface area contributed by atoms with Crippen molar-refractivity contribution in [2.45, 2.75) is 13.5 Å². The van der Waals surface area contributed by atoms with Crippen LogP contribution in [0.1, 0.15) is 6.92 Å². The minimum absolute atomic E-state index is 0.701. The van der Waals surface area contributed by atoms with Gasteiger partial charge in [0.2, 0.25) is 5.95 Å². The Morgan fingerprint density at radius 1 is 1.80 bits per heavy atom. The number of nitrogens with two attached hydrogens (primary N) is 1. The zero-order valence-corrected chi connectivity index (χ0v) is 6.26. The van der Waals surface area contributed by atoms with Gasteiger partial charge < -0.3 is 11.1 Å². The van der Waals surface area contributed by atoms with Crippen LogP contribution in [0.15, 0.2) is 6.20 Å². The summed E-state index contributed by atoms with van der Waals surface area (Å²) in [6.07, 6.45) is 1.65. The van der Waals surface area contributed by atoms with Crippen LogP contribution in [0.5, 0.6) is 0 Å². The van der Waals surface area contributed by atoms with E-state index in [0.29, 0.717) is 5.82 Å². The van der Waals surface area contributed by atoms with Gasteiger partial charge in [-0.2, -0.15) is 0 Å². The Balaban J connectivity index is 3.01. The van der Waals surface area contributed by atoms with Crippen molar-refractivity contribution in [2.24, 2.45) is 0 Å². The first-order valence-corrected chi connectivity index (χ1v) is 3.28. The van der Waals surface area contributed by atoms with Crippen molar-refractivity contribution in [3.63, 3.8) is 0 Å². The molecule has 1 heterocycles. The average Bonchev–Trinajstić information content (AvgIpc) is 2.30. The predicted octanol–water partition coefficient (Wildman–Crippen LogP) is 0.527. The fourth-order valence-corrected chi connectivity index (χ4v) is 0.921. The van der Waals surface area contributed by atoms with E-state index in [1.807, 2.05) is 18.5 Å². The summed E-state index contributed by atoms with van der Waals surface area (Å²) < 4.78 is 1.90. The third-order valence-electron chi connectivity index (χ3n) is 1.43. The first-order valence-electron chi connectivity index (χ1n) is 3.28. The molecule has 0 radical (unpaired) electrons. The number of hydrogen-bond acceptors (Lipinski definition) is 3. The molecular weight excluding hydrogens is 128 g/mol. The molecule has 10 heavy (non-hydrogen) atoms. The Kier molecular flexibility index (Phi) is 1.80. The van der Waals surface area contributed by atoms with Gasteiger partial charge in [-0.15, -0.1) is 0 Å². The summed E-state index contributed by atoms with van der Waals surface area (Å²) in [4.78, 5) is 4.03. The van der Waals surface area contributed by atoms with Crippen LogP contribution in [0.2, 0.25) is 0 Å². The highest BCUT2D eigenvalue weighted by atomic mass is 15.2. The molecule has 1 rings (SSSR count). The SMILES string of the molecule is CCn1c(N)cnc1NC. The summed E-state index contributed by atoms with van der Waals surface area (Å²) >= 11 is 0. The molecule has 0 saturated carbocycles. The molecule has 0 fully saturated rings. The fraction of sp³-hybridized carbons (Fsp3) is 0.500. The van der Waals surface area contributed by atoms with Crippen molar-refractivity contribution >= 4 is 11.8 Å². The van der Waals surface area contributed by atoms with Crippen LogP contribution >= 0.6 is 0 Å². The minimum atomic E-state index is 0.701. The van der Waals surface area contributed by atoms with Gasteiger partial charge >= 0.3 is 0 Å². The van der Waals surface area contributed by atoms with Gasteiger partial charge in [0.15, 0.2) is 0 Å². The van der Waals surface area contributed by atoms with Crippen LogP contribution < -0.4 is 11.1 Å². The molecule has 0 aliphatic carbocycles. The van der Waals surface area contributed by atoms with E-state index in [1.165, 1.54) is 0 Å². The van der Waals surface area contributed by atoms with Crippen molar-refractivity contribution in [3.8, 4) is 0 Å². The van der Waals surface area contributed by atoms with Crippen LogP contribution in [-0.4, -0.2) is 16.6 Å². The van der Waals surface area contributed by atoms with Gasteiger partial charge in [-0.05, 0) is 6.92 Å². The van der Waals surface area contributed by atoms with E-state index < -0.39 is 0 Å². The second-order valence-electron chi connectivity index (χ2n) is 2.00. The minimum Gasteiger partial charge on any atom is -0.384 e. The molecule has 0 atom stereocenters. The monoisotopic (exact) mass is 140 g/mol. The molecule has 0 aromatic carbocycles. The lowest BCUT2D eigenvalue weighted by molar-refractivity contribution is 0.779. The van der Waals surface area contributed by atoms with Crippen LogP contribution in [0, 0.1) is 0 Å². The highest BCUT2D eigenvalue weighted by Gasteiger charge is 2.01. The van der Waals surface area contributed by atoms with E-state index in [0.717, 1.165) is 12.5 Å². The zero-order chi connectivity index (χ0) is 7.56. The number of nitrogen functional groups attached to an aromatic ring is 1. The first kappa shape index (κ1) is 6.92. The number of imidazole rings is 1. The maximum Gasteiger partial charge on any atom is 0.204 e. The third kappa shape index (κ3) is 0.920. The standard InChI is InChI=1S/C6H12N4/c1-3-10-5(7)4-9-6(10)8-2/h4H,3,7H2,1-2H3,(H,8,9). The van der Waals surface area contributed by atoms with Crippen LogP contribution in [0.25, 0.3) is 0 Å². The van der Waals surface area contributed by atoms with Crippen LogP contribution in [0.4, 0.5) is 11.8 Å². The Hall–Kier alpha value is -1.19. The molecule has 4 heteroatoms. The molecule has 0 amide bonds. The smallest absolute Gasteiger partial charge is 0.204 e. The van der Waals surface area contributed by atoms with Gasteiger partial charge in [-0.3, -0.25) is 4.57 Å². The van der Waals surface area contributed by atoms with E-state index in [4.69, 9.17) is 5.73 Å². The first-order chi connectivity index (χ1) is 4.79. The fourth-order valence-electron chi connectivity index (χ4n) is 0.921. The van der Waals surface area contributed by atoms with Crippen molar-refractivity contribution in [1.82, 2.24) is 9.55 Å².